The molecular formula is C12H22N2O2. The summed E-state index contributed by atoms with van der Waals surface area (Å²) in [7, 11) is 0. The molecule has 1 N–H and O–H groups in total. The number of likely N-dealkylation sites (tertiary alicyclic amines) is 1. The van der Waals surface area contributed by atoms with E-state index in [1.165, 1.54) is 0 Å². The van der Waals surface area contributed by atoms with E-state index in [1.54, 1.807) is 0 Å². The van der Waals surface area contributed by atoms with Crippen LogP contribution in [0.2, 0.25) is 0 Å². The summed E-state index contributed by atoms with van der Waals surface area (Å²) in [6, 6.07) is 0.498. The van der Waals surface area contributed by atoms with Gasteiger partial charge >= 0.3 is 0 Å². The summed E-state index contributed by atoms with van der Waals surface area (Å²) in [5.41, 5.74) is 0. The molecule has 0 spiro atoms. The lowest BCUT2D eigenvalue weighted by Gasteiger charge is -2.31. The van der Waals surface area contributed by atoms with Crippen molar-refractivity contribution in [3.63, 3.8) is 0 Å². The third kappa shape index (κ3) is 2.55. The zero-order valence-corrected chi connectivity index (χ0v) is 10.1. The summed E-state index contributed by atoms with van der Waals surface area (Å²) in [6.07, 6.45) is 4.07. The minimum absolute atomic E-state index is 0.0720. The standard InChI is InChI=1S/C12H22N2O2/c1-2-6-13-11-3-7-14(12(11)15)10-4-8-16-9-5-10/h10-11,13H,2-9H2,1H3. The zero-order chi connectivity index (χ0) is 11.4. The van der Waals surface area contributed by atoms with Crippen molar-refractivity contribution in [1.82, 2.24) is 10.2 Å². The van der Waals surface area contributed by atoms with Gasteiger partial charge in [0.25, 0.3) is 0 Å². The molecule has 2 fully saturated rings. The first-order valence-electron chi connectivity index (χ1n) is 6.44. The van der Waals surface area contributed by atoms with Gasteiger partial charge in [0.15, 0.2) is 0 Å². The summed E-state index contributed by atoms with van der Waals surface area (Å²) in [5, 5.41) is 3.33. The highest BCUT2D eigenvalue weighted by atomic mass is 16.5. The summed E-state index contributed by atoms with van der Waals surface area (Å²) >= 11 is 0. The topological polar surface area (TPSA) is 41.6 Å². The fraction of sp³-hybridized carbons (Fsp3) is 0.917. The van der Waals surface area contributed by atoms with E-state index in [-0.39, 0.29) is 6.04 Å². The Morgan fingerprint density at radius 3 is 2.81 bits per heavy atom. The van der Waals surface area contributed by atoms with Crippen molar-refractivity contribution < 1.29 is 9.53 Å². The third-order valence-electron chi connectivity index (χ3n) is 3.51. The van der Waals surface area contributed by atoms with Gasteiger partial charge in [-0.2, -0.15) is 0 Å². The maximum atomic E-state index is 12.1. The fourth-order valence-electron chi connectivity index (χ4n) is 2.57. The summed E-state index contributed by atoms with van der Waals surface area (Å²) in [6.45, 7) is 5.61. The minimum atomic E-state index is 0.0720. The largest absolute Gasteiger partial charge is 0.381 e. The molecule has 2 aliphatic rings. The second kappa shape index (κ2) is 5.64. The molecule has 0 aromatic heterocycles. The Labute approximate surface area is 97.3 Å². The highest BCUT2D eigenvalue weighted by Gasteiger charge is 2.35. The van der Waals surface area contributed by atoms with Crippen LogP contribution in [-0.2, 0) is 9.53 Å². The monoisotopic (exact) mass is 226 g/mol. The predicted molar refractivity (Wildman–Crippen MR) is 62.3 cm³/mol. The van der Waals surface area contributed by atoms with Crippen LogP contribution in [0.15, 0.2) is 0 Å². The number of carbonyl (C=O) groups excluding carboxylic acids is 1. The Hall–Kier alpha value is -0.610. The van der Waals surface area contributed by atoms with E-state index in [2.05, 4.69) is 17.1 Å². The molecule has 1 unspecified atom stereocenters. The van der Waals surface area contributed by atoms with E-state index < -0.39 is 0 Å². The molecule has 2 aliphatic heterocycles. The van der Waals surface area contributed by atoms with Gasteiger partial charge in [-0.15, -0.1) is 0 Å². The lowest BCUT2D eigenvalue weighted by molar-refractivity contribution is -0.132. The van der Waals surface area contributed by atoms with E-state index in [0.717, 1.165) is 52.0 Å². The molecule has 0 radical (unpaired) electrons. The number of amides is 1. The molecule has 4 heteroatoms. The number of carbonyl (C=O) groups is 1. The molecule has 2 rings (SSSR count). The molecule has 0 saturated carbocycles. The van der Waals surface area contributed by atoms with Crippen LogP contribution in [0.3, 0.4) is 0 Å². The Kier molecular flexibility index (Phi) is 4.18. The van der Waals surface area contributed by atoms with E-state index >= 15 is 0 Å². The van der Waals surface area contributed by atoms with Crippen LogP contribution < -0.4 is 5.32 Å². The Bertz CT molecular complexity index is 239. The number of ether oxygens (including phenoxy) is 1. The van der Waals surface area contributed by atoms with Crippen LogP contribution in [0.4, 0.5) is 0 Å². The average molecular weight is 226 g/mol. The molecule has 0 aromatic carbocycles. The molecule has 1 atom stereocenters. The van der Waals surface area contributed by atoms with Crippen LogP contribution in [0.5, 0.6) is 0 Å². The van der Waals surface area contributed by atoms with Crippen molar-refractivity contribution >= 4 is 5.91 Å². The van der Waals surface area contributed by atoms with Crippen molar-refractivity contribution in [2.75, 3.05) is 26.3 Å². The van der Waals surface area contributed by atoms with E-state index in [4.69, 9.17) is 4.74 Å². The number of hydrogen-bond donors (Lipinski definition) is 1. The summed E-state index contributed by atoms with van der Waals surface area (Å²) < 4.78 is 5.33. The third-order valence-corrected chi connectivity index (χ3v) is 3.51. The van der Waals surface area contributed by atoms with Crippen LogP contribution in [0.1, 0.15) is 32.6 Å². The second-order valence-electron chi connectivity index (χ2n) is 4.67. The quantitative estimate of drug-likeness (QED) is 0.769. The van der Waals surface area contributed by atoms with E-state index in [0.29, 0.717) is 11.9 Å². The number of rotatable bonds is 4. The van der Waals surface area contributed by atoms with Crippen molar-refractivity contribution in [3.05, 3.63) is 0 Å². The van der Waals surface area contributed by atoms with Gasteiger partial charge in [-0.25, -0.2) is 0 Å². The van der Waals surface area contributed by atoms with Gasteiger partial charge in [0.2, 0.25) is 5.91 Å². The van der Waals surface area contributed by atoms with Gasteiger partial charge in [-0.3, -0.25) is 4.79 Å². The van der Waals surface area contributed by atoms with E-state index in [9.17, 15) is 4.79 Å². The van der Waals surface area contributed by atoms with Crippen LogP contribution in [0.25, 0.3) is 0 Å². The van der Waals surface area contributed by atoms with Crippen molar-refractivity contribution in [2.45, 2.75) is 44.7 Å². The molecule has 0 bridgehead atoms. The summed E-state index contributed by atoms with van der Waals surface area (Å²) in [5.74, 6) is 0.306. The van der Waals surface area contributed by atoms with Gasteiger partial charge in [0, 0.05) is 25.8 Å². The van der Waals surface area contributed by atoms with Gasteiger partial charge in [0.1, 0.15) is 0 Å². The Morgan fingerprint density at radius 2 is 2.12 bits per heavy atom. The summed E-state index contributed by atoms with van der Waals surface area (Å²) in [4.78, 5) is 14.2. The fourth-order valence-corrected chi connectivity index (χ4v) is 2.57. The minimum Gasteiger partial charge on any atom is -0.381 e. The van der Waals surface area contributed by atoms with Crippen molar-refractivity contribution in [3.8, 4) is 0 Å². The number of nitrogens with one attached hydrogen (secondary N) is 1. The molecule has 0 aromatic rings. The normalized spacial score (nSPS) is 27.7. The lowest BCUT2D eigenvalue weighted by atomic mass is 10.1. The van der Waals surface area contributed by atoms with Crippen molar-refractivity contribution in [2.24, 2.45) is 0 Å². The first-order valence-corrected chi connectivity index (χ1v) is 6.44. The van der Waals surface area contributed by atoms with Gasteiger partial charge in [-0.05, 0) is 32.2 Å². The number of nitrogens with zero attached hydrogens (tertiary/aromatic N) is 1. The first-order chi connectivity index (χ1) is 7.83. The molecule has 2 heterocycles. The first kappa shape index (κ1) is 11.9. The maximum Gasteiger partial charge on any atom is 0.240 e. The molecule has 1 amide bonds. The highest BCUT2D eigenvalue weighted by Crippen LogP contribution is 2.21. The molecular weight excluding hydrogens is 204 g/mol. The Balaban J connectivity index is 1.85. The molecule has 2 saturated heterocycles. The maximum absolute atomic E-state index is 12.1. The molecule has 0 aliphatic carbocycles. The second-order valence-corrected chi connectivity index (χ2v) is 4.67. The van der Waals surface area contributed by atoms with Crippen molar-refractivity contribution in [1.29, 1.82) is 0 Å². The van der Waals surface area contributed by atoms with Crippen LogP contribution in [-0.4, -0.2) is 49.2 Å². The lowest BCUT2D eigenvalue weighted by Crippen LogP contribution is -2.44. The molecule has 4 nitrogen and oxygen atoms in total. The average Bonchev–Trinajstić information content (AvgIpc) is 2.69. The Morgan fingerprint density at radius 1 is 1.38 bits per heavy atom. The zero-order valence-electron chi connectivity index (χ0n) is 10.1. The van der Waals surface area contributed by atoms with Crippen LogP contribution in [0, 0.1) is 0 Å². The smallest absolute Gasteiger partial charge is 0.240 e. The SMILES string of the molecule is CCCNC1CCN(C2CCOCC2)C1=O. The van der Waals surface area contributed by atoms with Gasteiger partial charge in [-0.1, -0.05) is 6.92 Å². The van der Waals surface area contributed by atoms with Crippen LogP contribution >= 0.6 is 0 Å². The van der Waals surface area contributed by atoms with Gasteiger partial charge in [0.05, 0.1) is 6.04 Å². The highest BCUT2D eigenvalue weighted by molar-refractivity contribution is 5.84. The predicted octanol–water partition coefficient (Wildman–Crippen LogP) is 0.766. The van der Waals surface area contributed by atoms with Gasteiger partial charge < -0.3 is 15.0 Å². The molecule has 92 valence electrons. The molecule has 16 heavy (non-hydrogen) atoms. The van der Waals surface area contributed by atoms with E-state index in [1.807, 2.05) is 0 Å². The number of hydrogen-bond acceptors (Lipinski definition) is 3.